The highest BCUT2D eigenvalue weighted by molar-refractivity contribution is 5.96. The third kappa shape index (κ3) is 5.14. The van der Waals surface area contributed by atoms with Crippen molar-refractivity contribution < 1.29 is 19.8 Å². The summed E-state index contributed by atoms with van der Waals surface area (Å²) in [5.41, 5.74) is 8.33. The fraction of sp³-hybridized carbons (Fsp3) is 0.346. The highest BCUT2D eigenvalue weighted by Gasteiger charge is 2.32. The highest BCUT2D eigenvalue weighted by atomic mass is 16.4. The minimum atomic E-state index is -0.978. The van der Waals surface area contributed by atoms with E-state index in [4.69, 9.17) is 5.73 Å². The van der Waals surface area contributed by atoms with Crippen LogP contribution >= 0.6 is 0 Å². The Hall–Kier alpha value is -3.45. The molecule has 0 saturated carbocycles. The molecule has 0 aliphatic heterocycles. The monoisotopic (exact) mass is 449 g/mol. The van der Waals surface area contributed by atoms with Gasteiger partial charge in [-0.05, 0) is 34.6 Å². The summed E-state index contributed by atoms with van der Waals surface area (Å²) in [7, 11) is 0. The number of imidazole rings is 1. The summed E-state index contributed by atoms with van der Waals surface area (Å²) >= 11 is 0. The molecule has 0 fully saturated rings. The summed E-state index contributed by atoms with van der Waals surface area (Å²) in [4.78, 5) is 28.6. The molecule has 1 unspecified atom stereocenters. The number of aryl methyl sites for hydroxylation is 1. The maximum atomic E-state index is 12.4. The van der Waals surface area contributed by atoms with Gasteiger partial charge in [-0.15, -0.1) is 0 Å². The summed E-state index contributed by atoms with van der Waals surface area (Å²) in [6.07, 6.45) is 0.526. The Balaban J connectivity index is 2.02. The maximum absolute atomic E-state index is 12.4. The van der Waals surface area contributed by atoms with Gasteiger partial charge in [0.2, 0.25) is 0 Å². The quantitative estimate of drug-likeness (QED) is 0.470. The van der Waals surface area contributed by atoms with Crippen molar-refractivity contribution in [3.05, 3.63) is 76.9 Å². The lowest BCUT2D eigenvalue weighted by atomic mass is 9.86. The first-order chi connectivity index (χ1) is 15.5. The number of primary amides is 1. The summed E-state index contributed by atoms with van der Waals surface area (Å²) in [5, 5.41) is 20.3. The van der Waals surface area contributed by atoms with Crippen LogP contribution in [0.5, 0.6) is 0 Å². The van der Waals surface area contributed by atoms with Gasteiger partial charge in [0.15, 0.2) is 0 Å². The molecule has 3 rings (SSSR count). The molecule has 1 amide bonds. The molecule has 2 aromatic carbocycles. The van der Waals surface area contributed by atoms with Gasteiger partial charge in [-0.2, -0.15) is 0 Å². The van der Waals surface area contributed by atoms with Crippen LogP contribution in [0.1, 0.15) is 78.1 Å². The molecule has 33 heavy (non-hydrogen) atoms. The molecule has 0 aliphatic rings. The topological polar surface area (TPSA) is 118 Å². The molecule has 4 N–H and O–H groups in total. The van der Waals surface area contributed by atoms with E-state index in [1.54, 1.807) is 28.8 Å². The molecule has 0 bridgehead atoms. The zero-order chi connectivity index (χ0) is 24.3. The molecule has 1 aromatic heterocycles. The zero-order valence-corrected chi connectivity index (χ0v) is 19.5. The van der Waals surface area contributed by atoms with Crippen molar-refractivity contribution >= 4 is 11.9 Å². The van der Waals surface area contributed by atoms with Crippen LogP contribution in [0.15, 0.2) is 48.5 Å². The number of rotatable bonds is 8. The largest absolute Gasteiger partial charge is 0.478 e. The van der Waals surface area contributed by atoms with Gasteiger partial charge in [0, 0.05) is 13.0 Å². The number of amides is 1. The molecule has 7 nitrogen and oxygen atoms in total. The fourth-order valence-electron chi connectivity index (χ4n) is 3.86. The predicted molar refractivity (Wildman–Crippen MR) is 127 cm³/mol. The normalized spacial score (nSPS) is 12.5. The van der Waals surface area contributed by atoms with Gasteiger partial charge in [0.1, 0.15) is 23.3 Å². The van der Waals surface area contributed by atoms with Gasteiger partial charge in [-0.25, -0.2) is 9.78 Å². The van der Waals surface area contributed by atoms with E-state index >= 15 is 0 Å². The second-order valence-corrected chi connectivity index (χ2v) is 9.28. The van der Waals surface area contributed by atoms with Crippen LogP contribution in [0, 0.1) is 5.41 Å². The molecule has 1 atom stereocenters. The number of carboxylic acid groups (broad SMARTS) is 1. The Morgan fingerprint density at radius 1 is 1.09 bits per heavy atom. The maximum Gasteiger partial charge on any atom is 0.336 e. The molecule has 0 aliphatic carbocycles. The predicted octanol–water partition coefficient (Wildman–Crippen LogP) is 4.43. The number of carboxylic acids is 1. The first-order valence-corrected chi connectivity index (χ1v) is 11.0. The molecule has 3 aromatic rings. The molecule has 7 heteroatoms. The van der Waals surface area contributed by atoms with Gasteiger partial charge in [0.05, 0.1) is 5.56 Å². The number of nitrogens with zero attached hydrogens (tertiary/aromatic N) is 2. The lowest BCUT2D eigenvalue weighted by Crippen LogP contribution is -2.25. The van der Waals surface area contributed by atoms with Crippen LogP contribution in [0.3, 0.4) is 0 Å². The van der Waals surface area contributed by atoms with Crippen molar-refractivity contribution in [2.24, 2.45) is 11.1 Å². The zero-order valence-electron chi connectivity index (χ0n) is 19.5. The third-order valence-corrected chi connectivity index (χ3v) is 5.62. The Kier molecular flexibility index (Phi) is 7.03. The minimum absolute atomic E-state index is 0.223. The number of hydrogen-bond acceptors (Lipinski definition) is 4. The highest BCUT2D eigenvalue weighted by Crippen LogP contribution is 2.34. The van der Waals surface area contributed by atoms with Crippen LogP contribution in [-0.4, -0.2) is 31.6 Å². The number of nitrogens with two attached hydrogens (primary N) is 1. The van der Waals surface area contributed by atoms with E-state index in [1.165, 1.54) is 0 Å². The van der Waals surface area contributed by atoms with E-state index in [0.717, 1.165) is 17.5 Å². The standard InChI is InChI=1S/C26H31N3O4/c1-5-8-20-28-21(23(30)26(2,3)4)22(24(27)31)29(20)15-16-11-13-17(14-12-16)18-9-6-7-10-19(18)25(32)33/h6-7,9-14,23,30H,5,8,15H2,1-4H3,(H2,27,31)(H,32,33). The van der Waals surface area contributed by atoms with Gasteiger partial charge < -0.3 is 20.5 Å². The van der Waals surface area contributed by atoms with Crippen molar-refractivity contribution in [2.45, 2.75) is 53.2 Å². The summed E-state index contributed by atoms with van der Waals surface area (Å²) in [5.74, 6) is -0.909. The number of aliphatic hydroxyl groups is 1. The molecular formula is C26H31N3O4. The van der Waals surface area contributed by atoms with E-state index in [2.05, 4.69) is 4.98 Å². The second kappa shape index (κ2) is 9.58. The molecule has 0 saturated heterocycles. The molecule has 0 spiro atoms. The number of aromatic nitrogens is 2. The van der Waals surface area contributed by atoms with Crippen LogP contribution < -0.4 is 5.73 Å². The van der Waals surface area contributed by atoms with E-state index < -0.39 is 23.4 Å². The lowest BCUT2D eigenvalue weighted by Gasteiger charge is -2.25. The van der Waals surface area contributed by atoms with Gasteiger partial charge in [-0.1, -0.05) is 70.2 Å². The summed E-state index contributed by atoms with van der Waals surface area (Å²) < 4.78 is 1.79. The van der Waals surface area contributed by atoms with Crippen LogP contribution in [-0.2, 0) is 13.0 Å². The van der Waals surface area contributed by atoms with Crippen molar-refractivity contribution in [3.63, 3.8) is 0 Å². The average molecular weight is 450 g/mol. The van der Waals surface area contributed by atoms with Crippen molar-refractivity contribution in [3.8, 4) is 11.1 Å². The first kappa shape index (κ1) is 24.2. The molecule has 1 heterocycles. The Morgan fingerprint density at radius 2 is 1.73 bits per heavy atom. The van der Waals surface area contributed by atoms with E-state index in [1.807, 2.05) is 52.0 Å². The number of carbonyl (C=O) groups excluding carboxylic acids is 1. The fourth-order valence-corrected chi connectivity index (χ4v) is 3.86. The van der Waals surface area contributed by atoms with E-state index in [-0.39, 0.29) is 11.3 Å². The van der Waals surface area contributed by atoms with Gasteiger partial charge in [0.25, 0.3) is 5.91 Å². The van der Waals surface area contributed by atoms with E-state index in [9.17, 15) is 19.8 Å². The molecule has 174 valence electrons. The van der Waals surface area contributed by atoms with Crippen LogP contribution in [0.25, 0.3) is 11.1 Å². The molecule has 0 radical (unpaired) electrons. The Bertz CT molecular complexity index is 1160. The SMILES string of the molecule is CCCc1nc(C(O)C(C)(C)C)c(C(N)=O)n1Cc1ccc(-c2ccccc2C(=O)O)cc1. The van der Waals surface area contributed by atoms with Crippen LogP contribution in [0.4, 0.5) is 0 Å². The Labute approximate surface area is 193 Å². The van der Waals surface area contributed by atoms with Crippen molar-refractivity contribution in [1.29, 1.82) is 0 Å². The third-order valence-electron chi connectivity index (χ3n) is 5.62. The van der Waals surface area contributed by atoms with Crippen LogP contribution in [0.2, 0.25) is 0 Å². The van der Waals surface area contributed by atoms with Crippen molar-refractivity contribution in [2.75, 3.05) is 0 Å². The number of aromatic carboxylic acids is 1. The van der Waals surface area contributed by atoms with E-state index in [0.29, 0.717) is 30.0 Å². The minimum Gasteiger partial charge on any atom is -0.478 e. The number of carbonyl (C=O) groups is 2. The smallest absolute Gasteiger partial charge is 0.336 e. The van der Waals surface area contributed by atoms with Gasteiger partial charge in [-0.3, -0.25) is 4.79 Å². The number of aliphatic hydroxyl groups excluding tert-OH is 1. The first-order valence-electron chi connectivity index (χ1n) is 11.0. The summed E-state index contributed by atoms with van der Waals surface area (Å²) in [6, 6.07) is 14.4. The van der Waals surface area contributed by atoms with Crippen molar-refractivity contribution in [1.82, 2.24) is 9.55 Å². The van der Waals surface area contributed by atoms with Gasteiger partial charge >= 0.3 is 5.97 Å². The second-order valence-electron chi connectivity index (χ2n) is 9.28. The molecular weight excluding hydrogens is 418 g/mol. The average Bonchev–Trinajstić information content (AvgIpc) is 3.11. The number of hydrogen-bond donors (Lipinski definition) is 3. The summed E-state index contributed by atoms with van der Waals surface area (Å²) in [6.45, 7) is 8.04. The lowest BCUT2D eigenvalue weighted by molar-refractivity contribution is 0.0576. The Morgan fingerprint density at radius 3 is 2.27 bits per heavy atom. The number of benzene rings is 2.